The number of benzene rings is 2. The lowest BCUT2D eigenvalue weighted by Crippen LogP contribution is -2.20. The first kappa shape index (κ1) is 19.8. The summed E-state index contributed by atoms with van der Waals surface area (Å²) in [6, 6.07) is 15.2. The molecule has 2 rings (SSSR count). The summed E-state index contributed by atoms with van der Waals surface area (Å²) in [6.07, 6.45) is 5.69. The number of rotatable bonds is 11. The zero-order valence-corrected chi connectivity index (χ0v) is 15.8. The smallest absolute Gasteiger partial charge is 0.262 e. The molecule has 4 heteroatoms. The van der Waals surface area contributed by atoms with Gasteiger partial charge in [-0.3, -0.25) is 4.79 Å². The van der Waals surface area contributed by atoms with Crippen molar-refractivity contribution in [2.45, 2.75) is 46.0 Å². The van der Waals surface area contributed by atoms with Crippen molar-refractivity contribution in [1.29, 1.82) is 0 Å². The summed E-state index contributed by atoms with van der Waals surface area (Å²) >= 11 is 0. The molecule has 1 N–H and O–H groups in total. The first-order valence-electron chi connectivity index (χ1n) is 9.45. The van der Waals surface area contributed by atoms with Crippen molar-refractivity contribution in [3.63, 3.8) is 0 Å². The average molecular weight is 355 g/mol. The van der Waals surface area contributed by atoms with Crippen molar-refractivity contribution >= 4 is 11.6 Å². The third kappa shape index (κ3) is 7.18. The van der Waals surface area contributed by atoms with E-state index in [9.17, 15) is 4.79 Å². The number of ether oxygens (including phenoxy) is 2. The second-order valence-corrected chi connectivity index (χ2v) is 6.27. The lowest BCUT2D eigenvalue weighted by molar-refractivity contribution is -0.118. The summed E-state index contributed by atoms with van der Waals surface area (Å²) in [7, 11) is 0. The number of amides is 1. The molecule has 0 aliphatic heterocycles. The molecule has 2 aromatic rings. The largest absolute Gasteiger partial charge is 0.494 e. The highest BCUT2D eigenvalue weighted by Gasteiger charge is 2.05. The van der Waals surface area contributed by atoms with Gasteiger partial charge in [0.1, 0.15) is 11.5 Å². The molecule has 0 radical (unpaired) electrons. The highest BCUT2D eigenvalue weighted by molar-refractivity contribution is 5.91. The Bertz CT molecular complexity index is 667. The van der Waals surface area contributed by atoms with E-state index < -0.39 is 0 Å². The van der Waals surface area contributed by atoms with Gasteiger partial charge < -0.3 is 14.8 Å². The van der Waals surface area contributed by atoms with Crippen molar-refractivity contribution in [3.05, 3.63) is 54.1 Å². The molecule has 0 unspecified atom stereocenters. The van der Waals surface area contributed by atoms with Gasteiger partial charge in [0, 0.05) is 5.69 Å². The van der Waals surface area contributed by atoms with Gasteiger partial charge >= 0.3 is 0 Å². The molecule has 0 saturated heterocycles. The van der Waals surface area contributed by atoms with Crippen LogP contribution in [0.25, 0.3) is 0 Å². The molecule has 140 valence electrons. The number of carbonyl (C=O) groups excluding carboxylic acids is 1. The van der Waals surface area contributed by atoms with E-state index in [0.717, 1.165) is 30.9 Å². The monoisotopic (exact) mass is 355 g/mol. The minimum absolute atomic E-state index is 0.0111. The summed E-state index contributed by atoms with van der Waals surface area (Å²) in [5.41, 5.74) is 1.92. The lowest BCUT2D eigenvalue weighted by atomic mass is 10.2. The Morgan fingerprint density at radius 1 is 0.923 bits per heavy atom. The average Bonchev–Trinajstić information content (AvgIpc) is 2.68. The summed E-state index contributed by atoms with van der Waals surface area (Å²) in [6.45, 7) is 5.00. The number of nitrogens with one attached hydrogen (secondary N) is 1. The van der Waals surface area contributed by atoms with Gasteiger partial charge in [-0.15, -0.1) is 0 Å². The summed E-state index contributed by atoms with van der Waals surface area (Å²) in [5, 5.41) is 2.83. The Hall–Kier alpha value is -2.49. The highest BCUT2D eigenvalue weighted by Crippen LogP contribution is 2.17. The molecule has 0 heterocycles. The Morgan fingerprint density at radius 3 is 2.46 bits per heavy atom. The topological polar surface area (TPSA) is 47.6 Å². The van der Waals surface area contributed by atoms with Gasteiger partial charge in [-0.1, -0.05) is 45.2 Å². The molecule has 0 fully saturated rings. The molecular weight excluding hydrogens is 326 g/mol. The summed E-state index contributed by atoms with van der Waals surface area (Å²) < 4.78 is 11.3. The molecule has 4 nitrogen and oxygen atoms in total. The maximum atomic E-state index is 12.0. The van der Waals surface area contributed by atoms with E-state index in [4.69, 9.17) is 9.47 Å². The van der Waals surface area contributed by atoms with Crippen molar-refractivity contribution in [1.82, 2.24) is 0 Å². The van der Waals surface area contributed by atoms with Crippen LogP contribution in [-0.4, -0.2) is 19.1 Å². The van der Waals surface area contributed by atoms with Gasteiger partial charge in [-0.2, -0.15) is 0 Å². The normalized spacial score (nSPS) is 10.4. The third-order valence-electron chi connectivity index (χ3n) is 4.08. The molecule has 0 saturated carbocycles. The molecule has 1 amide bonds. The first-order chi connectivity index (χ1) is 12.7. The number of hydrogen-bond acceptors (Lipinski definition) is 3. The molecule has 0 aliphatic carbocycles. The molecule has 0 aromatic heterocycles. The van der Waals surface area contributed by atoms with Crippen molar-refractivity contribution < 1.29 is 14.3 Å². The molecule has 0 bridgehead atoms. The van der Waals surface area contributed by atoms with E-state index >= 15 is 0 Å². The second-order valence-electron chi connectivity index (χ2n) is 6.27. The van der Waals surface area contributed by atoms with Gasteiger partial charge in [-0.05, 0) is 54.8 Å². The fraction of sp³-hybridized carbons (Fsp3) is 0.409. The van der Waals surface area contributed by atoms with Crippen LogP contribution in [0.4, 0.5) is 5.69 Å². The zero-order valence-electron chi connectivity index (χ0n) is 15.8. The highest BCUT2D eigenvalue weighted by atomic mass is 16.5. The molecule has 2 aromatic carbocycles. The minimum Gasteiger partial charge on any atom is -0.494 e. The van der Waals surface area contributed by atoms with Crippen LogP contribution in [0, 0.1) is 0 Å². The zero-order chi connectivity index (χ0) is 18.6. The van der Waals surface area contributed by atoms with Crippen LogP contribution >= 0.6 is 0 Å². The standard InChI is InChI=1S/C22H29NO3/c1-3-5-6-7-15-25-20-13-11-19(12-14-20)23-22(24)17-26-21-10-8-9-18(4-2)16-21/h8-14,16H,3-7,15,17H2,1-2H3,(H,23,24). The molecule has 0 aliphatic rings. The molecule has 26 heavy (non-hydrogen) atoms. The van der Waals surface area contributed by atoms with Crippen LogP contribution in [0.5, 0.6) is 11.5 Å². The Labute approximate surface area is 156 Å². The van der Waals surface area contributed by atoms with Gasteiger partial charge in [0.15, 0.2) is 6.61 Å². The van der Waals surface area contributed by atoms with E-state index in [2.05, 4.69) is 19.2 Å². The van der Waals surface area contributed by atoms with E-state index in [1.54, 1.807) is 0 Å². The fourth-order valence-electron chi connectivity index (χ4n) is 2.55. The van der Waals surface area contributed by atoms with Gasteiger partial charge in [0.2, 0.25) is 0 Å². The number of anilines is 1. The first-order valence-corrected chi connectivity index (χ1v) is 9.45. The van der Waals surface area contributed by atoms with E-state index in [-0.39, 0.29) is 12.5 Å². The lowest BCUT2D eigenvalue weighted by Gasteiger charge is -2.10. The van der Waals surface area contributed by atoms with E-state index in [0.29, 0.717) is 5.75 Å². The van der Waals surface area contributed by atoms with Crippen molar-refractivity contribution in [2.75, 3.05) is 18.5 Å². The number of aryl methyl sites for hydroxylation is 1. The third-order valence-corrected chi connectivity index (χ3v) is 4.08. The molecule has 0 spiro atoms. The molecule has 0 atom stereocenters. The van der Waals surface area contributed by atoms with Gasteiger partial charge in [0.05, 0.1) is 6.61 Å². The SMILES string of the molecule is CCCCCCOc1ccc(NC(=O)COc2cccc(CC)c2)cc1. The van der Waals surface area contributed by atoms with Crippen LogP contribution in [0.2, 0.25) is 0 Å². The summed E-state index contributed by atoms with van der Waals surface area (Å²) in [5.74, 6) is 1.36. The Balaban J connectivity index is 1.72. The predicted octanol–water partition coefficient (Wildman–Crippen LogP) is 5.23. The van der Waals surface area contributed by atoms with Crippen LogP contribution in [0.1, 0.15) is 45.1 Å². The van der Waals surface area contributed by atoms with Crippen LogP contribution in [0.3, 0.4) is 0 Å². The number of hydrogen-bond donors (Lipinski definition) is 1. The Kier molecular flexibility index (Phi) is 8.53. The van der Waals surface area contributed by atoms with E-state index in [1.807, 2.05) is 48.5 Å². The van der Waals surface area contributed by atoms with Crippen LogP contribution < -0.4 is 14.8 Å². The predicted molar refractivity (Wildman–Crippen MR) is 106 cm³/mol. The van der Waals surface area contributed by atoms with Gasteiger partial charge in [-0.25, -0.2) is 0 Å². The Morgan fingerprint density at radius 2 is 1.73 bits per heavy atom. The maximum Gasteiger partial charge on any atom is 0.262 e. The van der Waals surface area contributed by atoms with Crippen LogP contribution in [0.15, 0.2) is 48.5 Å². The minimum atomic E-state index is -0.180. The number of carbonyl (C=O) groups is 1. The fourth-order valence-corrected chi connectivity index (χ4v) is 2.55. The van der Waals surface area contributed by atoms with Crippen molar-refractivity contribution in [3.8, 4) is 11.5 Å². The van der Waals surface area contributed by atoms with E-state index in [1.165, 1.54) is 24.8 Å². The molecular formula is C22H29NO3. The number of unbranched alkanes of at least 4 members (excludes halogenated alkanes) is 3. The second kappa shape index (κ2) is 11.2. The van der Waals surface area contributed by atoms with Gasteiger partial charge in [0.25, 0.3) is 5.91 Å². The summed E-state index contributed by atoms with van der Waals surface area (Å²) in [4.78, 5) is 12.0. The van der Waals surface area contributed by atoms with Crippen molar-refractivity contribution in [2.24, 2.45) is 0 Å². The van der Waals surface area contributed by atoms with Crippen LogP contribution in [-0.2, 0) is 11.2 Å². The quantitative estimate of drug-likeness (QED) is 0.562. The maximum absolute atomic E-state index is 12.0.